The summed E-state index contributed by atoms with van der Waals surface area (Å²) in [5, 5.41) is 13.7. The molecule has 146 valence electrons. The van der Waals surface area contributed by atoms with E-state index >= 15 is 0 Å². The number of carbonyl (C=O) groups excluding carboxylic acids is 1. The van der Waals surface area contributed by atoms with Crippen molar-refractivity contribution in [3.05, 3.63) is 58.1 Å². The van der Waals surface area contributed by atoms with E-state index in [-0.39, 0.29) is 29.5 Å². The smallest absolute Gasteiger partial charge is 0.269 e. The number of fused-ring (bicyclic) bond motifs is 1. The zero-order valence-corrected chi connectivity index (χ0v) is 16.3. The molecule has 0 spiro atoms. The number of aromatic nitrogens is 1. The van der Waals surface area contributed by atoms with E-state index in [1.165, 1.54) is 11.3 Å². The van der Waals surface area contributed by atoms with Crippen LogP contribution in [0.3, 0.4) is 0 Å². The molecule has 0 saturated heterocycles. The van der Waals surface area contributed by atoms with Crippen molar-refractivity contribution in [3.63, 3.8) is 0 Å². The van der Waals surface area contributed by atoms with E-state index in [0.717, 1.165) is 40.0 Å². The van der Waals surface area contributed by atoms with E-state index in [2.05, 4.69) is 15.0 Å². The van der Waals surface area contributed by atoms with Gasteiger partial charge in [-0.15, -0.1) is 0 Å². The lowest BCUT2D eigenvalue weighted by molar-refractivity contribution is -0.384. The first kappa shape index (κ1) is 19.9. The minimum absolute atomic E-state index is 0.0822. The van der Waals surface area contributed by atoms with Crippen molar-refractivity contribution in [3.8, 4) is 0 Å². The Morgan fingerprint density at radius 1 is 1.21 bits per heavy atom. The molecule has 0 fully saturated rings. The number of amides is 1. The van der Waals surface area contributed by atoms with Gasteiger partial charge in [-0.25, -0.2) is 18.1 Å². The lowest BCUT2D eigenvalue weighted by atomic mass is 10.2. The van der Waals surface area contributed by atoms with Gasteiger partial charge in [0.1, 0.15) is 0 Å². The summed E-state index contributed by atoms with van der Waals surface area (Å²) in [6, 6.07) is 10.3. The predicted molar refractivity (Wildman–Crippen MR) is 106 cm³/mol. The molecule has 0 aliphatic heterocycles. The molecule has 1 aromatic heterocycles. The van der Waals surface area contributed by atoms with Crippen LogP contribution >= 0.6 is 11.3 Å². The highest BCUT2D eigenvalue weighted by Gasteiger charge is 2.16. The van der Waals surface area contributed by atoms with Crippen LogP contribution in [0, 0.1) is 17.0 Å². The van der Waals surface area contributed by atoms with Crippen LogP contribution in [0.5, 0.6) is 0 Å². The summed E-state index contributed by atoms with van der Waals surface area (Å²) >= 11 is 1.34. The van der Waals surface area contributed by atoms with Crippen molar-refractivity contribution in [2.45, 2.75) is 18.2 Å². The highest BCUT2D eigenvalue weighted by atomic mass is 32.2. The van der Waals surface area contributed by atoms with Crippen LogP contribution in [0.4, 0.5) is 10.8 Å². The molecule has 0 saturated carbocycles. The number of non-ortho nitro benzene ring substituents is 1. The third-order valence-corrected chi connectivity index (χ3v) is 6.20. The fourth-order valence-corrected chi connectivity index (χ4v) is 4.41. The Bertz CT molecular complexity index is 1140. The highest BCUT2D eigenvalue weighted by Crippen LogP contribution is 2.26. The lowest BCUT2D eigenvalue weighted by Crippen LogP contribution is -2.27. The summed E-state index contributed by atoms with van der Waals surface area (Å²) in [6.45, 7) is 1.85. The average Bonchev–Trinajstić information content (AvgIpc) is 3.02. The van der Waals surface area contributed by atoms with Gasteiger partial charge in [-0.2, -0.15) is 0 Å². The van der Waals surface area contributed by atoms with Gasteiger partial charge in [0.05, 0.1) is 20.0 Å². The van der Waals surface area contributed by atoms with Crippen molar-refractivity contribution >= 4 is 48.3 Å². The molecule has 0 unspecified atom stereocenters. The van der Waals surface area contributed by atoms with E-state index < -0.39 is 14.9 Å². The van der Waals surface area contributed by atoms with Gasteiger partial charge in [0.2, 0.25) is 15.9 Å². The quantitative estimate of drug-likeness (QED) is 0.446. The minimum atomic E-state index is -3.86. The zero-order chi connectivity index (χ0) is 20.3. The lowest BCUT2D eigenvalue weighted by Gasteiger charge is -2.06. The molecular weight excluding hydrogens is 404 g/mol. The number of aryl methyl sites for hydroxylation is 1. The molecule has 0 bridgehead atoms. The summed E-state index contributed by atoms with van der Waals surface area (Å²) in [5.74, 6) is -0.373. The van der Waals surface area contributed by atoms with Crippen LogP contribution in [0.1, 0.15) is 12.0 Å². The normalized spacial score (nSPS) is 11.5. The molecule has 9 nitrogen and oxygen atoms in total. The second-order valence-electron chi connectivity index (χ2n) is 5.94. The number of nitrogens with zero attached hydrogens (tertiary/aromatic N) is 2. The highest BCUT2D eigenvalue weighted by molar-refractivity contribution is 7.89. The summed E-state index contributed by atoms with van der Waals surface area (Å²) in [6.07, 6.45) is -0.0822. The van der Waals surface area contributed by atoms with Gasteiger partial charge < -0.3 is 5.32 Å². The van der Waals surface area contributed by atoms with Crippen molar-refractivity contribution in [1.82, 2.24) is 9.71 Å². The molecule has 0 atom stereocenters. The second-order valence-corrected chi connectivity index (χ2v) is 8.73. The summed E-state index contributed by atoms with van der Waals surface area (Å²) < 4.78 is 27.6. The first-order valence-corrected chi connectivity index (χ1v) is 10.5. The van der Waals surface area contributed by atoms with Gasteiger partial charge in [-0.3, -0.25) is 14.9 Å². The number of carbonyl (C=O) groups is 1. The molecule has 0 aliphatic carbocycles. The maximum Gasteiger partial charge on any atom is 0.269 e. The van der Waals surface area contributed by atoms with Crippen LogP contribution in [-0.2, 0) is 14.8 Å². The summed E-state index contributed by atoms with van der Waals surface area (Å²) in [5.41, 5.74) is 1.67. The van der Waals surface area contributed by atoms with Gasteiger partial charge >= 0.3 is 0 Å². The fraction of sp³-hybridized carbons (Fsp3) is 0.176. The van der Waals surface area contributed by atoms with Gasteiger partial charge in [-0.05, 0) is 36.8 Å². The van der Waals surface area contributed by atoms with E-state index in [4.69, 9.17) is 0 Å². The van der Waals surface area contributed by atoms with Gasteiger partial charge in [-0.1, -0.05) is 17.4 Å². The van der Waals surface area contributed by atoms with Gasteiger partial charge in [0.15, 0.2) is 5.13 Å². The summed E-state index contributed by atoms with van der Waals surface area (Å²) in [4.78, 5) is 26.3. The topological polar surface area (TPSA) is 131 Å². The third kappa shape index (κ3) is 4.68. The van der Waals surface area contributed by atoms with Crippen LogP contribution in [-0.4, -0.2) is 30.8 Å². The van der Waals surface area contributed by atoms with E-state index in [1.807, 2.05) is 25.1 Å². The summed E-state index contributed by atoms with van der Waals surface area (Å²) in [7, 11) is -3.86. The Morgan fingerprint density at radius 3 is 2.61 bits per heavy atom. The largest absolute Gasteiger partial charge is 0.302 e. The maximum absolute atomic E-state index is 12.2. The van der Waals surface area contributed by atoms with E-state index in [1.54, 1.807) is 0 Å². The van der Waals surface area contributed by atoms with Crippen LogP contribution in [0.25, 0.3) is 10.2 Å². The van der Waals surface area contributed by atoms with Crippen molar-refractivity contribution in [2.75, 3.05) is 11.9 Å². The van der Waals surface area contributed by atoms with Crippen LogP contribution < -0.4 is 10.0 Å². The minimum Gasteiger partial charge on any atom is -0.302 e. The Kier molecular flexibility index (Phi) is 5.68. The van der Waals surface area contributed by atoms with Crippen molar-refractivity contribution in [1.29, 1.82) is 0 Å². The molecule has 28 heavy (non-hydrogen) atoms. The zero-order valence-electron chi connectivity index (χ0n) is 14.7. The molecule has 11 heteroatoms. The number of hydrogen-bond acceptors (Lipinski definition) is 7. The molecule has 0 aliphatic rings. The number of nitrogens with one attached hydrogen (secondary N) is 2. The molecular formula is C17H16N4O5S2. The van der Waals surface area contributed by atoms with Gasteiger partial charge in [0.25, 0.3) is 5.69 Å². The number of hydrogen-bond donors (Lipinski definition) is 2. The molecule has 3 rings (SSSR count). The monoisotopic (exact) mass is 420 g/mol. The van der Waals surface area contributed by atoms with Crippen LogP contribution in [0.15, 0.2) is 47.4 Å². The van der Waals surface area contributed by atoms with E-state index in [0.29, 0.717) is 5.13 Å². The Hall–Kier alpha value is -2.89. The van der Waals surface area contributed by atoms with Gasteiger partial charge in [0, 0.05) is 25.1 Å². The van der Waals surface area contributed by atoms with Crippen molar-refractivity contribution in [2.24, 2.45) is 0 Å². The number of anilines is 1. The first-order chi connectivity index (χ1) is 13.2. The number of nitro groups is 1. The molecule has 0 radical (unpaired) electrons. The predicted octanol–water partition coefficient (Wildman–Crippen LogP) is 2.82. The number of benzene rings is 2. The maximum atomic E-state index is 12.2. The molecule has 1 amide bonds. The van der Waals surface area contributed by atoms with Crippen molar-refractivity contribution < 1.29 is 18.1 Å². The fourth-order valence-electron chi connectivity index (χ4n) is 2.40. The number of nitro benzene ring substituents is 1. The SMILES string of the molecule is Cc1ccc2nc(NC(=O)CCNS(=O)(=O)c3ccc([N+](=O)[O-])cc3)sc2c1. The Morgan fingerprint density at radius 2 is 1.93 bits per heavy atom. The molecule has 3 aromatic rings. The number of rotatable bonds is 7. The molecule has 2 N–H and O–H groups in total. The first-order valence-electron chi connectivity index (χ1n) is 8.16. The standard InChI is InChI=1S/C17H16N4O5S2/c1-11-2-7-14-15(10-11)27-17(19-14)20-16(22)8-9-18-28(25,26)13-5-3-12(4-6-13)21(23)24/h2-7,10,18H,8-9H2,1H3,(H,19,20,22). The molecule has 1 heterocycles. The second kappa shape index (κ2) is 8.00. The average molecular weight is 420 g/mol. The Labute approximate surface area is 164 Å². The van der Waals surface area contributed by atoms with E-state index in [9.17, 15) is 23.3 Å². The number of sulfonamides is 1. The van der Waals surface area contributed by atoms with Crippen LogP contribution in [0.2, 0.25) is 0 Å². The third-order valence-electron chi connectivity index (χ3n) is 3.79. The molecule has 2 aromatic carbocycles. The number of thiazole rings is 1. The Balaban J connectivity index is 1.55.